The molecule has 2 unspecified atom stereocenters. The molecular formula is C11H23N. The zero-order chi connectivity index (χ0) is 9.35. The summed E-state index contributed by atoms with van der Waals surface area (Å²) in [6.07, 6.45) is 4.14. The highest BCUT2D eigenvalue weighted by atomic mass is 15.2. The average Bonchev–Trinajstić information content (AvgIpc) is 2.00. The van der Waals surface area contributed by atoms with E-state index in [2.05, 4.69) is 39.6 Å². The average molecular weight is 169 g/mol. The zero-order valence-electron chi connectivity index (χ0n) is 9.22. The third kappa shape index (κ3) is 1.52. The fourth-order valence-electron chi connectivity index (χ4n) is 2.32. The second kappa shape index (κ2) is 3.37. The lowest BCUT2D eigenvalue weighted by atomic mass is 9.78. The molecule has 1 aliphatic heterocycles. The summed E-state index contributed by atoms with van der Waals surface area (Å²) in [6.45, 7) is 9.44. The molecule has 0 radical (unpaired) electrons. The molecule has 1 heteroatoms. The van der Waals surface area contributed by atoms with Crippen LogP contribution in [0.2, 0.25) is 0 Å². The molecule has 0 aromatic carbocycles. The Morgan fingerprint density at radius 1 is 1.42 bits per heavy atom. The van der Waals surface area contributed by atoms with Gasteiger partial charge >= 0.3 is 0 Å². The molecule has 0 aliphatic carbocycles. The molecule has 0 saturated carbocycles. The summed E-state index contributed by atoms with van der Waals surface area (Å²) in [7, 11) is 2.28. The fourth-order valence-corrected chi connectivity index (χ4v) is 2.32. The molecule has 2 atom stereocenters. The summed E-state index contributed by atoms with van der Waals surface area (Å²) in [4.78, 5) is 2.57. The SMILES string of the molecule is CC1CCCC(C)(C(C)C)N1C. The van der Waals surface area contributed by atoms with E-state index >= 15 is 0 Å². The highest BCUT2D eigenvalue weighted by Gasteiger charge is 2.37. The van der Waals surface area contributed by atoms with Crippen LogP contribution in [0, 0.1) is 5.92 Å². The molecule has 0 bridgehead atoms. The summed E-state index contributed by atoms with van der Waals surface area (Å²) in [5.74, 6) is 0.769. The minimum Gasteiger partial charge on any atom is -0.298 e. The Morgan fingerprint density at radius 2 is 2.00 bits per heavy atom. The predicted molar refractivity (Wildman–Crippen MR) is 54.3 cm³/mol. The van der Waals surface area contributed by atoms with E-state index in [1.165, 1.54) is 19.3 Å². The van der Waals surface area contributed by atoms with E-state index in [9.17, 15) is 0 Å². The topological polar surface area (TPSA) is 3.24 Å². The molecule has 1 nitrogen and oxygen atoms in total. The quantitative estimate of drug-likeness (QED) is 0.583. The molecule has 0 amide bonds. The number of rotatable bonds is 1. The molecule has 1 heterocycles. The van der Waals surface area contributed by atoms with E-state index in [1.807, 2.05) is 0 Å². The van der Waals surface area contributed by atoms with Gasteiger partial charge in [-0.2, -0.15) is 0 Å². The third-order valence-corrected chi connectivity index (χ3v) is 4.02. The van der Waals surface area contributed by atoms with Crippen LogP contribution in [0.3, 0.4) is 0 Å². The van der Waals surface area contributed by atoms with Crippen molar-refractivity contribution in [2.75, 3.05) is 7.05 Å². The Kier molecular flexibility index (Phi) is 2.82. The van der Waals surface area contributed by atoms with E-state index in [0.29, 0.717) is 5.54 Å². The maximum Gasteiger partial charge on any atom is 0.0204 e. The van der Waals surface area contributed by atoms with Crippen molar-refractivity contribution in [3.05, 3.63) is 0 Å². The number of piperidine rings is 1. The lowest BCUT2D eigenvalue weighted by Gasteiger charge is -2.49. The van der Waals surface area contributed by atoms with Gasteiger partial charge in [-0.3, -0.25) is 4.90 Å². The summed E-state index contributed by atoms with van der Waals surface area (Å²) in [5.41, 5.74) is 0.442. The summed E-state index contributed by atoms with van der Waals surface area (Å²) >= 11 is 0. The Morgan fingerprint density at radius 3 is 2.42 bits per heavy atom. The van der Waals surface area contributed by atoms with Crippen LogP contribution in [0.5, 0.6) is 0 Å². The van der Waals surface area contributed by atoms with Gasteiger partial charge < -0.3 is 0 Å². The van der Waals surface area contributed by atoms with Crippen molar-refractivity contribution in [2.45, 2.75) is 58.5 Å². The molecule has 1 saturated heterocycles. The maximum atomic E-state index is 2.57. The van der Waals surface area contributed by atoms with Gasteiger partial charge in [0.05, 0.1) is 0 Å². The van der Waals surface area contributed by atoms with Gasteiger partial charge in [0, 0.05) is 11.6 Å². The first-order chi connectivity index (χ1) is 5.48. The Hall–Kier alpha value is -0.0400. The molecule has 0 N–H and O–H groups in total. The van der Waals surface area contributed by atoms with Crippen LogP contribution < -0.4 is 0 Å². The Labute approximate surface area is 77.1 Å². The molecule has 1 rings (SSSR count). The first-order valence-corrected chi connectivity index (χ1v) is 5.21. The molecule has 12 heavy (non-hydrogen) atoms. The van der Waals surface area contributed by atoms with Crippen molar-refractivity contribution in [1.82, 2.24) is 4.90 Å². The zero-order valence-corrected chi connectivity index (χ0v) is 9.22. The molecular weight excluding hydrogens is 146 g/mol. The molecule has 72 valence electrons. The predicted octanol–water partition coefficient (Wildman–Crippen LogP) is 2.91. The van der Waals surface area contributed by atoms with Gasteiger partial charge in [0.25, 0.3) is 0 Å². The smallest absolute Gasteiger partial charge is 0.0204 e. The van der Waals surface area contributed by atoms with Crippen molar-refractivity contribution in [2.24, 2.45) is 5.92 Å². The van der Waals surface area contributed by atoms with Crippen LogP contribution >= 0.6 is 0 Å². The number of nitrogens with zero attached hydrogens (tertiary/aromatic N) is 1. The largest absolute Gasteiger partial charge is 0.298 e. The lowest BCUT2D eigenvalue weighted by Crippen LogP contribution is -2.54. The minimum atomic E-state index is 0.442. The highest BCUT2D eigenvalue weighted by molar-refractivity contribution is 4.93. The summed E-state index contributed by atoms with van der Waals surface area (Å²) in [6, 6.07) is 0.770. The molecule has 0 spiro atoms. The van der Waals surface area contributed by atoms with Crippen molar-refractivity contribution >= 4 is 0 Å². The number of likely N-dealkylation sites (tertiary alicyclic amines) is 1. The van der Waals surface area contributed by atoms with Gasteiger partial charge in [0.15, 0.2) is 0 Å². The van der Waals surface area contributed by atoms with E-state index in [1.54, 1.807) is 0 Å². The molecule has 0 aromatic rings. The van der Waals surface area contributed by atoms with Gasteiger partial charge in [-0.25, -0.2) is 0 Å². The third-order valence-electron chi connectivity index (χ3n) is 4.02. The van der Waals surface area contributed by atoms with Crippen LogP contribution in [0.1, 0.15) is 47.0 Å². The lowest BCUT2D eigenvalue weighted by molar-refractivity contribution is 0.00983. The highest BCUT2D eigenvalue weighted by Crippen LogP contribution is 2.35. The standard InChI is InChI=1S/C11H23N/c1-9(2)11(4)8-6-7-10(3)12(11)5/h9-10H,6-8H2,1-5H3. The molecule has 0 aromatic heterocycles. The van der Waals surface area contributed by atoms with Gasteiger partial charge in [-0.05, 0) is 39.7 Å². The van der Waals surface area contributed by atoms with Gasteiger partial charge in [0.1, 0.15) is 0 Å². The second-order valence-corrected chi connectivity index (χ2v) is 4.86. The van der Waals surface area contributed by atoms with Gasteiger partial charge in [0.2, 0.25) is 0 Å². The fraction of sp³-hybridized carbons (Fsp3) is 1.00. The number of hydrogen-bond donors (Lipinski definition) is 0. The molecule has 1 fully saturated rings. The van der Waals surface area contributed by atoms with E-state index in [-0.39, 0.29) is 0 Å². The van der Waals surface area contributed by atoms with Crippen molar-refractivity contribution < 1.29 is 0 Å². The van der Waals surface area contributed by atoms with Gasteiger partial charge in [-0.1, -0.05) is 20.3 Å². The maximum absolute atomic E-state index is 2.57. The second-order valence-electron chi connectivity index (χ2n) is 4.86. The van der Waals surface area contributed by atoms with Gasteiger partial charge in [-0.15, -0.1) is 0 Å². The Bertz CT molecular complexity index is 153. The first-order valence-electron chi connectivity index (χ1n) is 5.21. The summed E-state index contributed by atoms with van der Waals surface area (Å²) in [5, 5.41) is 0. The van der Waals surface area contributed by atoms with Crippen LogP contribution in [0.25, 0.3) is 0 Å². The van der Waals surface area contributed by atoms with Crippen molar-refractivity contribution in [3.63, 3.8) is 0 Å². The van der Waals surface area contributed by atoms with Crippen molar-refractivity contribution in [3.8, 4) is 0 Å². The van der Waals surface area contributed by atoms with Crippen LogP contribution in [0.15, 0.2) is 0 Å². The normalized spacial score (nSPS) is 39.0. The van der Waals surface area contributed by atoms with Crippen LogP contribution in [-0.2, 0) is 0 Å². The number of hydrogen-bond acceptors (Lipinski definition) is 1. The van der Waals surface area contributed by atoms with Crippen molar-refractivity contribution in [1.29, 1.82) is 0 Å². The van der Waals surface area contributed by atoms with E-state index in [4.69, 9.17) is 0 Å². The molecule has 1 aliphatic rings. The minimum absolute atomic E-state index is 0.442. The Balaban J connectivity index is 2.74. The monoisotopic (exact) mass is 169 g/mol. The first kappa shape index (κ1) is 10.0. The van der Waals surface area contributed by atoms with E-state index in [0.717, 1.165) is 12.0 Å². The van der Waals surface area contributed by atoms with Crippen LogP contribution in [0.4, 0.5) is 0 Å². The van der Waals surface area contributed by atoms with E-state index < -0.39 is 0 Å². The summed E-state index contributed by atoms with van der Waals surface area (Å²) < 4.78 is 0. The van der Waals surface area contributed by atoms with Crippen LogP contribution in [-0.4, -0.2) is 23.5 Å².